The molecular formula is C29H50O. The molecule has 8 atom stereocenters. The highest BCUT2D eigenvalue weighted by molar-refractivity contribution is 5.25. The smallest absolute Gasteiger partial charge is 0.0577 e. The first kappa shape index (κ1) is 24.1. The van der Waals surface area contributed by atoms with E-state index >= 15 is 0 Å². The van der Waals surface area contributed by atoms with Gasteiger partial charge in [0.1, 0.15) is 0 Å². The van der Waals surface area contributed by atoms with Gasteiger partial charge >= 0.3 is 0 Å². The van der Waals surface area contributed by atoms with Gasteiger partial charge < -0.3 is 5.11 Å². The third-order valence-electron chi connectivity index (χ3n) is 9.80. The number of hydrogen-bond donors (Lipinski definition) is 1. The lowest BCUT2D eigenvalue weighted by molar-refractivity contribution is 0.0532. The van der Waals surface area contributed by atoms with Crippen molar-refractivity contribution in [3.05, 3.63) is 23.8 Å². The Morgan fingerprint density at radius 3 is 2.57 bits per heavy atom. The molecule has 0 amide bonds. The standard InChI is InChI=1S/C29H50O/c1-7-23(20(2)3)13-11-21(4)27-10-8-9-24-14-15-25-19-26(30)17-18-29(25,6)28(24)16-12-22(27)5/h8-9,15,20-24,26-28,30H,7,10-14,16-19H2,1-6H3. The van der Waals surface area contributed by atoms with Gasteiger partial charge in [-0.05, 0) is 91.8 Å². The van der Waals surface area contributed by atoms with Crippen LogP contribution in [-0.4, -0.2) is 11.2 Å². The van der Waals surface area contributed by atoms with E-state index in [0.29, 0.717) is 11.3 Å². The Labute approximate surface area is 187 Å². The number of rotatable bonds is 6. The van der Waals surface area contributed by atoms with E-state index in [4.69, 9.17) is 0 Å². The fraction of sp³-hybridized carbons (Fsp3) is 0.862. The summed E-state index contributed by atoms with van der Waals surface area (Å²) in [5.74, 6) is 5.66. The van der Waals surface area contributed by atoms with Crippen LogP contribution in [-0.2, 0) is 0 Å². The van der Waals surface area contributed by atoms with E-state index in [0.717, 1.165) is 48.3 Å². The number of allylic oxidation sites excluding steroid dienone is 3. The Morgan fingerprint density at radius 2 is 1.87 bits per heavy atom. The molecule has 0 aromatic rings. The van der Waals surface area contributed by atoms with E-state index in [2.05, 4.69) is 59.8 Å². The van der Waals surface area contributed by atoms with Crippen LogP contribution in [0.15, 0.2) is 23.8 Å². The molecule has 0 aromatic heterocycles. The lowest BCUT2D eigenvalue weighted by Gasteiger charge is -2.50. The zero-order chi connectivity index (χ0) is 21.9. The predicted octanol–water partition coefficient (Wildman–Crippen LogP) is 8.19. The molecule has 1 nitrogen and oxygen atoms in total. The third-order valence-corrected chi connectivity index (χ3v) is 9.80. The molecule has 0 heterocycles. The van der Waals surface area contributed by atoms with E-state index < -0.39 is 0 Å². The minimum Gasteiger partial charge on any atom is -0.393 e. The van der Waals surface area contributed by atoms with Crippen LogP contribution in [0.4, 0.5) is 0 Å². The fourth-order valence-electron chi connectivity index (χ4n) is 7.41. The molecule has 0 radical (unpaired) electrons. The minimum absolute atomic E-state index is 0.102. The molecule has 1 saturated carbocycles. The van der Waals surface area contributed by atoms with E-state index in [9.17, 15) is 5.11 Å². The SMILES string of the molecule is CCC(CCC(C)C1CC=CC2CC=C3CC(O)CCC3(C)C2CCC1C)C(C)C. The maximum Gasteiger partial charge on any atom is 0.0577 e. The van der Waals surface area contributed by atoms with Crippen molar-refractivity contribution in [3.8, 4) is 0 Å². The van der Waals surface area contributed by atoms with Crippen molar-refractivity contribution in [1.82, 2.24) is 0 Å². The first-order chi connectivity index (χ1) is 14.3. The van der Waals surface area contributed by atoms with Crippen molar-refractivity contribution in [2.45, 2.75) is 112 Å². The van der Waals surface area contributed by atoms with Gasteiger partial charge in [-0.25, -0.2) is 0 Å². The highest BCUT2D eigenvalue weighted by atomic mass is 16.3. The molecule has 3 rings (SSSR count). The van der Waals surface area contributed by atoms with Gasteiger partial charge in [-0.2, -0.15) is 0 Å². The van der Waals surface area contributed by atoms with Gasteiger partial charge in [0.25, 0.3) is 0 Å². The normalized spacial score (nSPS) is 39.2. The molecule has 0 aliphatic heterocycles. The molecule has 0 saturated heterocycles. The Hall–Kier alpha value is -0.560. The van der Waals surface area contributed by atoms with Gasteiger partial charge in [0, 0.05) is 0 Å². The summed E-state index contributed by atoms with van der Waals surface area (Å²) in [7, 11) is 0. The monoisotopic (exact) mass is 414 g/mol. The number of aliphatic hydroxyl groups is 1. The zero-order valence-corrected chi connectivity index (χ0v) is 20.9. The molecule has 30 heavy (non-hydrogen) atoms. The van der Waals surface area contributed by atoms with Gasteiger partial charge in [0.05, 0.1) is 6.10 Å². The van der Waals surface area contributed by atoms with Crippen LogP contribution in [0.25, 0.3) is 0 Å². The van der Waals surface area contributed by atoms with Crippen molar-refractivity contribution in [2.24, 2.45) is 46.8 Å². The lowest BCUT2D eigenvalue weighted by atomic mass is 9.55. The molecule has 8 unspecified atom stereocenters. The summed E-state index contributed by atoms with van der Waals surface area (Å²) in [6, 6.07) is 0. The number of hydrogen-bond acceptors (Lipinski definition) is 1. The fourth-order valence-corrected chi connectivity index (χ4v) is 7.41. The molecule has 0 spiro atoms. The molecule has 0 bridgehead atoms. The van der Waals surface area contributed by atoms with Crippen molar-refractivity contribution >= 4 is 0 Å². The largest absolute Gasteiger partial charge is 0.393 e. The van der Waals surface area contributed by atoms with Crippen molar-refractivity contribution < 1.29 is 5.11 Å². The highest BCUT2D eigenvalue weighted by Gasteiger charge is 2.46. The summed E-state index contributed by atoms with van der Waals surface area (Å²) < 4.78 is 0. The van der Waals surface area contributed by atoms with Crippen molar-refractivity contribution in [1.29, 1.82) is 0 Å². The summed E-state index contributed by atoms with van der Waals surface area (Å²) in [5, 5.41) is 10.2. The summed E-state index contributed by atoms with van der Waals surface area (Å²) in [6.45, 7) is 14.8. The Kier molecular flexibility index (Phi) is 8.33. The average Bonchev–Trinajstić information content (AvgIpc) is 2.78. The first-order valence-electron chi connectivity index (χ1n) is 13.3. The molecule has 0 aromatic carbocycles. The van der Waals surface area contributed by atoms with Gasteiger partial charge in [-0.15, -0.1) is 0 Å². The van der Waals surface area contributed by atoms with Gasteiger partial charge in [-0.3, -0.25) is 0 Å². The van der Waals surface area contributed by atoms with Crippen molar-refractivity contribution in [3.63, 3.8) is 0 Å². The molecule has 1 heteroatoms. The Balaban J connectivity index is 1.67. The molecule has 1 fully saturated rings. The van der Waals surface area contributed by atoms with Crippen LogP contribution in [0.3, 0.4) is 0 Å². The maximum absolute atomic E-state index is 10.2. The number of fused-ring (bicyclic) bond motifs is 3. The van der Waals surface area contributed by atoms with E-state index in [1.54, 1.807) is 5.57 Å². The van der Waals surface area contributed by atoms with Crippen LogP contribution in [0.2, 0.25) is 0 Å². The second-order valence-corrected chi connectivity index (χ2v) is 11.9. The molecular weight excluding hydrogens is 364 g/mol. The van der Waals surface area contributed by atoms with Crippen LogP contribution in [0.5, 0.6) is 0 Å². The second-order valence-electron chi connectivity index (χ2n) is 11.9. The zero-order valence-electron chi connectivity index (χ0n) is 20.9. The summed E-state index contributed by atoms with van der Waals surface area (Å²) in [6.07, 6.45) is 20.0. The Morgan fingerprint density at radius 1 is 1.10 bits per heavy atom. The van der Waals surface area contributed by atoms with Gasteiger partial charge in [0.15, 0.2) is 0 Å². The maximum atomic E-state index is 10.2. The number of aliphatic hydroxyl groups excluding tert-OH is 1. The third kappa shape index (κ3) is 5.25. The van der Waals surface area contributed by atoms with Crippen LogP contribution < -0.4 is 0 Å². The van der Waals surface area contributed by atoms with Crippen LogP contribution in [0, 0.1) is 46.8 Å². The average molecular weight is 415 g/mol. The minimum atomic E-state index is -0.102. The molecule has 3 aliphatic carbocycles. The Bertz CT molecular complexity index is 601. The quantitative estimate of drug-likeness (QED) is 0.434. The van der Waals surface area contributed by atoms with E-state index in [1.165, 1.54) is 51.4 Å². The second kappa shape index (κ2) is 10.4. The highest BCUT2D eigenvalue weighted by Crippen LogP contribution is 2.55. The molecule has 3 aliphatic rings. The summed E-state index contributed by atoms with van der Waals surface area (Å²) in [5.41, 5.74) is 1.90. The molecule has 1 N–H and O–H groups in total. The lowest BCUT2D eigenvalue weighted by Crippen LogP contribution is -2.41. The summed E-state index contributed by atoms with van der Waals surface area (Å²) >= 11 is 0. The molecule has 172 valence electrons. The summed E-state index contributed by atoms with van der Waals surface area (Å²) in [4.78, 5) is 0. The predicted molar refractivity (Wildman–Crippen MR) is 130 cm³/mol. The first-order valence-corrected chi connectivity index (χ1v) is 13.3. The van der Waals surface area contributed by atoms with E-state index in [-0.39, 0.29) is 6.10 Å². The van der Waals surface area contributed by atoms with Gasteiger partial charge in [-0.1, -0.05) is 84.6 Å². The van der Waals surface area contributed by atoms with E-state index in [1.807, 2.05) is 0 Å². The van der Waals surface area contributed by atoms with Crippen LogP contribution in [0.1, 0.15) is 106 Å². The topological polar surface area (TPSA) is 20.2 Å². The van der Waals surface area contributed by atoms with Crippen LogP contribution >= 0.6 is 0 Å². The van der Waals surface area contributed by atoms with Crippen molar-refractivity contribution in [2.75, 3.05) is 0 Å². The van der Waals surface area contributed by atoms with Gasteiger partial charge in [0.2, 0.25) is 0 Å².